The van der Waals surface area contributed by atoms with Crippen molar-refractivity contribution < 1.29 is 0 Å². The monoisotopic (exact) mass is 407 g/mol. The minimum Gasteiger partial charge on any atom is -0.346 e. The third-order valence-corrected chi connectivity index (χ3v) is 5.84. The van der Waals surface area contributed by atoms with Gasteiger partial charge in [-0.15, -0.1) is 0 Å². The van der Waals surface area contributed by atoms with E-state index in [1.807, 2.05) is 0 Å². The summed E-state index contributed by atoms with van der Waals surface area (Å²) in [7, 11) is 0. The fourth-order valence-electron chi connectivity index (χ4n) is 3.63. The number of nitrogens with one attached hydrogen (secondary N) is 1. The average molecular weight is 408 g/mol. The molecular weight excluding hydrogens is 374 g/mol. The highest BCUT2D eigenvalue weighted by Gasteiger charge is 2.18. The molecule has 1 N–H and O–H groups in total. The second kappa shape index (κ2) is 11.1. The van der Waals surface area contributed by atoms with Gasteiger partial charge in [0, 0.05) is 38.4 Å². The van der Waals surface area contributed by atoms with Crippen LogP contribution in [-0.2, 0) is 6.42 Å². The second-order valence-corrected chi connectivity index (χ2v) is 8.17. The summed E-state index contributed by atoms with van der Waals surface area (Å²) in [6.45, 7) is 9.41. The van der Waals surface area contributed by atoms with Crippen LogP contribution in [0.5, 0.6) is 0 Å². The number of thiocarbonyl (C=S) groups is 1. The highest BCUT2D eigenvalue weighted by atomic mass is 32.1. The molecular formula is C25H33N3S. The lowest BCUT2D eigenvalue weighted by Crippen LogP contribution is -2.49. The largest absolute Gasteiger partial charge is 0.346 e. The van der Waals surface area contributed by atoms with Gasteiger partial charge in [-0.3, -0.25) is 4.90 Å². The van der Waals surface area contributed by atoms with Gasteiger partial charge < -0.3 is 10.2 Å². The third-order valence-electron chi connectivity index (χ3n) is 5.48. The van der Waals surface area contributed by atoms with E-state index >= 15 is 0 Å². The van der Waals surface area contributed by atoms with Crippen LogP contribution in [0.1, 0.15) is 36.5 Å². The molecule has 1 saturated heterocycles. The van der Waals surface area contributed by atoms with Crippen molar-refractivity contribution in [2.75, 3.05) is 38.0 Å². The van der Waals surface area contributed by atoms with E-state index in [1.165, 1.54) is 29.5 Å². The number of unbranched alkanes of at least 4 members (excludes halogenated alkanes) is 1. The number of hydrogen-bond donors (Lipinski definition) is 1. The highest BCUT2D eigenvalue weighted by Crippen LogP contribution is 2.19. The Kier molecular flexibility index (Phi) is 8.26. The zero-order valence-electron chi connectivity index (χ0n) is 17.7. The van der Waals surface area contributed by atoms with Crippen LogP contribution in [0.2, 0.25) is 0 Å². The molecule has 154 valence electrons. The number of rotatable bonds is 7. The van der Waals surface area contributed by atoms with E-state index in [2.05, 4.69) is 89.6 Å². The predicted octanol–water partition coefficient (Wildman–Crippen LogP) is 5.37. The van der Waals surface area contributed by atoms with Crippen LogP contribution in [0.4, 0.5) is 5.69 Å². The summed E-state index contributed by atoms with van der Waals surface area (Å²) in [5.74, 6) is 0. The maximum absolute atomic E-state index is 5.69. The summed E-state index contributed by atoms with van der Waals surface area (Å²) in [4.78, 5) is 4.77. The SMILES string of the molecule is CCCCc1ccc(NC(=S)N2CCN(C/C=C\c3ccccc3)CC2)c(C)c1. The van der Waals surface area contributed by atoms with Crippen molar-refractivity contribution in [3.8, 4) is 0 Å². The number of aryl methyl sites for hydroxylation is 2. The molecule has 1 fully saturated rings. The summed E-state index contributed by atoms with van der Waals surface area (Å²) in [6.07, 6.45) is 8.09. The summed E-state index contributed by atoms with van der Waals surface area (Å²) in [5, 5.41) is 4.31. The van der Waals surface area contributed by atoms with Crippen LogP contribution in [0.25, 0.3) is 6.08 Å². The number of anilines is 1. The van der Waals surface area contributed by atoms with Crippen molar-refractivity contribution in [3.05, 3.63) is 71.3 Å². The quantitative estimate of drug-likeness (QED) is 0.622. The molecule has 3 rings (SSSR count). The molecule has 2 aromatic rings. The summed E-state index contributed by atoms with van der Waals surface area (Å²) in [6, 6.07) is 17.2. The number of benzene rings is 2. The van der Waals surface area contributed by atoms with Crippen LogP contribution in [0.3, 0.4) is 0 Å². The minimum absolute atomic E-state index is 0.842. The minimum atomic E-state index is 0.842. The average Bonchev–Trinajstić information content (AvgIpc) is 2.75. The molecule has 0 aromatic heterocycles. The second-order valence-electron chi connectivity index (χ2n) is 7.78. The Morgan fingerprint density at radius 1 is 1.07 bits per heavy atom. The van der Waals surface area contributed by atoms with Gasteiger partial charge in [0.2, 0.25) is 0 Å². The number of hydrogen-bond acceptors (Lipinski definition) is 2. The van der Waals surface area contributed by atoms with Crippen molar-refractivity contribution in [1.82, 2.24) is 9.80 Å². The molecule has 0 saturated carbocycles. The molecule has 0 atom stereocenters. The van der Waals surface area contributed by atoms with Gasteiger partial charge in [-0.2, -0.15) is 0 Å². The first-order valence-electron chi connectivity index (χ1n) is 10.7. The molecule has 0 aliphatic carbocycles. The predicted molar refractivity (Wildman–Crippen MR) is 130 cm³/mol. The molecule has 1 aliphatic heterocycles. The summed E-state index contributed by atoms with van der Waals surface area (Å²) < 4.78 is 0. The molecule has 0 radical (unpaired) electrons. The van der Waals surface area contributed by atoms with Gasteiger partial charge in [-0.25, -0.2) is 0 Å². The van der Waals surface area contributed by atoms with E-state index in [0.29, 0.717) is 0 Å². The van der Waals surface area contributed by atoms with Crippen LogP contribution in [0.15, 0.2) is 54.6 Å². The van der Waals surface area contributed by atoms with E-state index in [1.54, 1.807) is 0 Å². The Bertz CT molecular complexity index is 808. The molecule has 0 spiro atoms. The first-order chi connectivity index (χ1) is 14.2. The van der Waals surface area contributed by atoms with Crippen molar-refractivity contribution in [2.45, 2.75) is 33.1 Å². The maximum atomic E-state index is 5.69. The standard InChI is InChI=1S/C25H33N3S/c1-3-4-9-23-13-14-24(21(2)20-23)26-25(29)28-18-16-27(17-19-28)15-8-12-22-10-6-5-7-11-22/h5-8,10-14,20H,3-4,9,15-19H2,1-2H3,(H,26,29)/b12-8-. The van der Waals surface area contributed by atoms with Gasteiger partial charge in [-0.05, 0) is 54.7 Å². The van der Waals surface area contributed by atoms with Gasteiger partial charge in [0.1, 0.15) is 0 Å². The van der Waals surface area contributed by atoms with Gasteiger partial charge in [0.15, 0.2) is 5.11 Å². The molecule has 4 heteroatoms. The molecule has 0 bridgehead atoms. The van der Waals surface area contributed by atoms with Crippen molar-refractivity contribution in [3.63, 3.8) is 0 Å². The lowest BCUT2D eigenvalue weighted by atomic mass is 10.0. The van der Waals surface area contributed by atoms with E-state index in [0.717, 1.165) is 49.9 Å². The van der Waals surface area contributed by atoms with Crippen molar-refractivity contribution in [1.29, 1.82) is 0 Å². The van der Waals surface area contributed by atoms with E-state index in [4.69, 9.17) is 12.2 Å². The number of nitrogens with zero attached hydrogens (tertiary/aromatic N) is 2. The summed E-state index contributed by atoms with van der Waals surface area (Å²) >= 11 is 5.69. The van der Waals surface area contributed by atoms with Gasteiger partial charge in [0.25, 0.3) is 0 Å². The molecule has 1 heterocycles. The zero-order valence-corrected chi connectivity index (χ0v) is 18.5. The maximum Gasteiger partial charge on any atom is 0.173 e. The fourth-order valence-corrected chi connectivity index (χ4v) is 3.92. The highest BCUT2D eigenvalue weighted by molar-refractivity contribution is 7.80. The Morgan fingerprint density at radius 2 is 1.83 bits per heavy atom. The fraction of sp³-hybridized carbons (Fsp3) is 0.400. The Labute approximate surface area is 181 Å². The molecule has 29 heavy (non-hydrogen) atoms. The lowest BCUT2D eigenvalue weighted by molar-refractivity contribution is 0.200. The first kappa shape index (κ1) is 21.5. The Balaban J connectivity index is 1.44. The van der Waals surface area contributed by atoms with Crippen LogP contribution in [0, 0.1) is 6.92 Å². The normalized spacial score (nSPS) is 15.0. The lowest BCUT2D eigenvalue weighted by Gasteiger charge is -2.35. The van der Waals surface area contributed by atoms with Crippen LogP contribution < -0.4 is 5.32 Å². The topological polar surface area (TPSA) is 18.5 Å². The van der Waals surface area contributed by atoms with Crippen molar-refractivity contribution in [2.24, 2.45) is 0 Å². The van der Waals surface area contributed by atoms with Crippen LogP contribution >= 0.6 is 12.2 Å². The van der Waals surface area contributed by atoms with E-state index < -0.39 is 0 Å². The molecule has 0 unspecified atom stereocenters. The molecule has 1 aliphatic rings. The number of piperazine rings is 1. The van der Waals surface area contributed by atoms with Gasteiger partial charge in [0.05, 0.1) is 0 Å². The Morgan fingerprint density at radius 3 is 2.52 bits per heavy atom. The first-order valence-corrected chi connectivity index (χ1v) is 11.2. The van der Waals surface area contributed by atoms with Crippen LogP contribution in [-0.4, -0.2) is 47.6 Å². The Hall–Kier alpha value is -2.17. The van der Waals surface area contributed by atoms with Crippen molar-refractivity contribution >= 4 is 29.1 Å². The zero-order chi connectivity index (χ0) is 20.5. The van der Waals surface area contributed by atoms with Gasteiger partial charge >= 0.3 is 0 Å². The van der Waals surface area contributed by atoms with Gasteiger partial charge in [-0.1, -0.05) is 68.0 Å². The van der Waals surface area contributed by atoms with E-state index in [9.17, 15) is 0 Å². The smallest absolute Gasteiger partial charge is 0.173 e. The molecule has 2 aromatic carbocycles. The third kappa shape index (κ3) is 6.69. The molecule has 0 amide bonds. The molecule has 3 nitrogen and oxygen atoms in total. The summed E-state index contributed by atoms with van der Waals surface area (Å²) in [5.41, 5.74) is 5.07. The van der Waals surface area contributed by atoms with E-state index in [-0.39, 0.29) is 0 Å².